The number of thioether (sulfide) groups is 1. The van der Waals surface area contributed by atoms with Gasteiger partial charge in [0.25, 0.3) is 0 Å². The summed E-state index contributed by atoms with van der Waals surface area (Å²) in [4.78, 5) is -0.395. The zero-order chi connectivity index (χ0) is 16.7. The van der Waals surface area contributed by atoms with Crippen LogP contribution in [0, 0.1) is 0 Å². The normalized spacial score (nSPS) is 22.6. The third-order valence-electron chi connectivity index (χ3n) is 4.12. The SMILES string of the molecule is O=S(=O)(c1ccc(C(F)(F)F)cc1)N1CCC2(CC1)OCCS2. The first-order chi connectivity index (χ1) is 10.7. The minimum absolute atomic E-state index is 0.110. The Morgan fingerprint density at radius 1 is 1.13 bits per heavy atom. The minimum atomic E-state index is -4.48. The molecule has 0 N–H and O–H groups in total. The summed E-state index contributed by atoms with van der Waals surface area (Å²) in [6.45, 7) is 1.31. The van der Waals surface area contributed by atoms with Crippen molar-refractivity contribution in [2.24, 2.45) is 0 Å². The molecule has 23 heavy (non-hydrogen) atoms. The molecule has 128 valence electrons. The van der Waals surface area contributed by atoms with Crippen molar-refractivity contribution in [1.29, 1.82) is 0 Å². The van der Waals surface area contributed by atoms with Crippen LogP contribution in [0.5, 0.6) is 0 Å². The van der Waals surface area contributed by atoms with E-state index in [2.05, 4.69) is 0 Å². The molecule has 2 aliphatic rings. The van der Waals surface area contributed by atoms with Crippen molar-refractivity contribution in [1.82, 2.24) is 4.31 Å². The van der Waals surface area contributed by atoms with Crippen LogP contribution in [0.1, 0.15) is 18.4 Å². The molecule has 0 saturated carbocycles. The molecule has 0 bridgehead atoms. The molecule has 4 nitrogen and oxygen atoms in total. The molecule has 0 radical (unpaired) electrons. The fourth-order valence-electron chi connectivity index (χ4n) is 2.82. The maximum Gasteiger partial charge on any atom is 0.416 e. The topological polar surface area (TPSA) is 46.6 Å². The molecule has 2 aliphatic heterocycles. The van der Waals surface area contributed by atoms with Crippen LogP contribution in [0.4, 0.5) is 13.2 Å². The zero-order valence-electron chi connectivity index (χ0n) is 12.2. The third-order valence-corrected chi connectivity index (χ3v) is 7.45. The molecule has 2 heterocycles. The van der Waals surface area contributed by atoms with E-state index in [4.69, 9.17) is 4.74 Å². The molecule has 9 heteroatoms. The number of piperidine rings is 1. The van der Waals surface area contributed by atoms with Gasteiger partial charge in [0.1, 0.15) is 4.93 Å². The van der Waals surface area contributed by atoms with E-state index in [1.54, 1.807) is 11.8 Å². The first-order valence-corrected chi connectivity index (χ1v) is 9.61. The Morgan fingerprint density at radius 3 is 2.22 bits per heavy atom. The number of nitrogens with zero attached hydrogens (tertiary/aromatic N) is 1. The number of hydrogen-bond donors (Lipinski definition) is 0. The van der Waals surface area contributed by atoms with Gasteiger partial charge in [-0.2, -0.15) is 17.5 Å². The van der Waals surface area contributed by atoms with Gasteiger partial charge in [-0.25, -0.2) is 8.42 Å². The lowest BCUT2D eigenvalue weighted by Gasteiger charge is -2.37. The average molecular weight is 367 g/mol. The monoisotopic (exact) mass is 367 g/mol. The van der Waals surface area contributed by atoms with Gasteiger partial charge in [-0.3, -0.25) is 0 Å². The van der Waals surface area contributed by atoms with Gasteiger partial charge in [-0.05, 0) is 37.1 Å². The number of sulfonamides is 1. The predicted molar refractivity (Wildman–Crippen MR) is 80.6 cm³/mol. The van der Waals surface area contributed by atoms with E-state index in [1.807, 2.05) is 0 Å². The molecule has 0 amide bonds. The molecule has 0 aromatic heterocycles. The van der Waals surface area contributed by atoms with Crippen molar-refractivity contribution in [3.05, 3.63) is 29.8 Å². The van der Waals surface area contributed by atoms with Crippen LogP contribution in [0.2, 0.25) is 0 Å². The fourth-order valence-corrected chi connectivity index (χ4v) is 5.44. The van der Waals surface area contributed by atoms with Crippen LogP contribution in [-0.2, 0) is 20.9 Å². The van der Waals surface area contributed by atoms with Gasteiger partial charge in [0, 0.05) is 18.8 Å². The van der Waals surface area contributed by atoms with Gasteiger partial charge in [0.15, 0.2) is 0 Å². The van der Waals surface area contributed by atoms with Gasteiger partial charge < -0.3 is 4.74 Å². The zero-order valence-corrected chi connectivity index (χ0v) is 13.8. The molecule has 1 aromatic rings. The lowest BCUT2D eigenvalue weighted by Crippen LogP contribution is -2.44. The van der Waals surface area contributed by atoms with Gasteiger partial charge in [-0.1, -0.05) is 0 Å². The summed E-state index contributed by atoms with van der Waals surface area (Å²) in [6, 6.07) is 3.63. The summed E-state index contributed by atoms with van der Waals surface area (Å²) in [5, 5.41) is 0. The second-order valence-electron chi connectivity index (χ2n) is 5.53. The molecular formula is C14H16F3NO3S2. The first-order valence-electron chi connectivity index (χ1n) is 7.18. The Morgan fingerprint density at radius 2 is 1.74 bits per heavy atom. The largest absolute Gasteiger partial charge is 0.416 e. The average Bonchev–Trinajstić information content (AvgIpc) is 2.95. The Labute approximate surface area is 137 Å². The number of benzene rings is 1. The molecule has 0 aliphatic carbocycles. The minimum Gasteiger partial charge on any atom is -0.363 e. The van der Waals surface area contributed by atoms with Crippen LogP contribution in [-0.4, -0.2) is 43.1 Å². The highest BCUT2D eigenvalue weighted by Gasteiger charge is 2.42. The van der Waals surface area contributed by atoms with E-state index >= 15 is 0 Å². The molecule has 2 fully saturated rings. The second-order valence-corrected chi connectivity index (χ2v) is 8.91. The molecule has 2 saturated heterocycles. The standard InChI is InChI=1S/C14H16F3NO3S2/c15-14(16,17)11-1-3-12(4-2-11)23(19,20)18-7-5-13(6-8-18)21-9-10-22-13/h1-4H,5-10H2. The lowest BCUT2D eigenvalue weighted by molar-refractivity contribution is -0.137. The van der Waals surface area contributed by atoms with Crippen LogP contribution in [0.15, 0.2) is 29.2 Å². The number of ether oxygens (including phenoxy) is 1. The summed E-state index contributed by atoms with van der Waals surface area (Å²) in [7, 11) is -3.77. The molecule has 3 rings (SSSR count). The van der Waals surface area contributed by atoms with Gasteiger partial charge in [0.2, 0.25) is 10.0 Å². The van der Waals surface area contributed by atoms with E-state index in [0.717, 1.165) is 30.0 Å². The van der Waals surface area contributed by atoms with E-state index in [0.29, 0.717) is 32.5 Å². The Hall–Kier alpha value is -0.770. The van der Waals surface area contributed by atoms with Crippen molar-refractivity contribution < 1.29 is 26.3 Å². The summed E-state index contributed by atoms with van der Waals surface area (Å²) >= 11 is 1.71. The lowest BCUT2D eigenvalue weighted by atomic mass is 10.1. The van der Waals surface area contributed by atoms with E-state index in [9.17, 15) is 21.6 Å². The fraction of sp³-hybridized carbons (Fsp3) is 0.571. The molecule has 1 aromatic carbocycles. The molecule has 0 unspecified atom stereocenters. The van der Waals surface area contributed by atoms with Crippen molar-refractivity contribution in [2.75, 3.05) is 25.4 Å². The maximum atomic E-state index is 12.6. The maximum absolute atomic E-state index is 12.6. The Kier molecular flexibility index (Phi) is 4.41. The van der Waals surface area contributed by atoms with Crippen LogP contribution < -0.4 is 0 Å². The van der Waals surface area contributed by atoms with Gasteiger partial charge >= 0.3 is 6.18 Å². The highest BCUT2D eigenvalue weighted by atomic mass is 32.2. The van der Waals surface area contributed by atoms with Crippen molar-refractivity contribution in [2.45, 2.75) is 28.8 Å². The highest BCUT2D eigenvalue weighted by Crippen LogP contribution is 2.42. The molecular weight excluding hydrogens is 351 g/mol. The predicted octanol–water partition coefficient (Wildman–Crippen LogP) is 2.95. The molecule has 1 spiro atoms. The highest BCUT2D eigenvalue weighted by molar-refractivity contribution is 8.00. The van der Waals surface area contributed by atoms with E-state index in [1.165, 1.54) is 4.31 Å². The second kappa shape index (κ2) is 5.94. The number of hydrogen-bond acceptors (Lipinski definition) is 4. The third kappa shape index (κ3) is 3.38. The molecule has 0 atom stereocenters. The van der Waals surface area contributed by atoms with E-state index in [-0.39, 0.29) is 9.83 Å². The van der Waals surface area contributed by atoms with Crippen LogP contribution in [0.3, 0.4) is 0 Å². The quantitative estimate of drug-likeness (QED) is 0.806. The summed E-state index contributed by atoms with van der Waals surface area (Å²) in [6.07, 6.45) is -3.29. The van der Waals surface area contributed by atoms with Crippen LogP contribution >= 0.6 is 11.8 Å². The summed E-state index contributed by atoms with van der Waals surface area (Å²) in [5.74, 6) is 0.908. The number of rotatable bonds is 2. The van der Waals surface area contributed by atoms with Crippen LogP contribution in [0.25, 0.3) is 0 Å². The van der Waals surface area contributed by atoms with Gasteiger partial charge in [-0.15, -0.1) is 11.8 Å². The van der Waals surface area contributed by atoms with Crippen molar-refractivity contribution >= 4 is 21.8 Å². The van der Waals surface area contributed by atoms with Gasteiger partial charge in [0.05, 0.1) is 17.1 Å². The summed E-state index contributed by atoms with van der Waals surface area (Å²) < 4.78 is 69.8. The van der Waals surface area contributed by atoms with Crippen molar-refractivity contribution in [3.63, 3.8) is 0 Å². The number of alkyl halides is 3. The van der Waals surface area contributed by atoms with Crippen molar-refractivity contribution in [3.8, 4) is 0 Å². The Bertz CT molecular complexity index is 658. The first kappa shape index (κ1) is 17.1. The van der Waals surface area contributed by atoms with E-state index < -0.39 is 21.8 Å². The summed E-state index contributed by atoms with van der Waals surface area (Å²) in [5.41, 5.74) is -0.857. The number of halogens is 3. The Balaban J connectivity index is 1.74. The smallest absolute Gasteiger partial charge is 0.363 e.